The van der Waals surface area contributed by atoms with Gasteiger partial charge in [0.1, 0.15) is 5.60 Å². The van der Waals surface area contributed by atoms with E-state index in [0.29, 0.717) is 17.6 Å². The Labute approximate surface area is 108 Å². The van der Waals surface area contributed by atoms with Crippen LogP contribution in [0.1, 0.15) is 57.7 Å². The van der Waals surface area contributed by atoms with Crippen LogP contribution in [0.25, 0.3) is 0 Å². The third-order valence-corrected chi connectivity index (χ3v) is 3.97. The maximum absolute atomic E-state index is 6.01. The van der Waals surface area contributed by atoms with Gasteiger partial charge in [-0.05, 0) is 32.1 Å². The van der Waals surface area contributed by atoms with Crippen LogP contribution in [0.2, 0.25) is 0 Å². The van der Waals surface area contributed by atoms with Crippen LogP contribution in [0.5, 0.6) is 0 Å². The highest BCUT2D eigenvalue weighted by molar-refractivity contribution is 5.09. The Morgan fingerprint density at radius 2 is 2.00 bits per heavy atom. The number of ether oxygens (including phenoxy) is 1. The van der Waals surface area contributed by atoms with Crippen LogP contribution in [-0.2, 0) is 10.3 Å². The van der Waals surface area contributed by atoms with Gasteiger partial charge in [0.05, 0.1) is 5.92 Å². The zero-order chi connectivity index (χ0) is 13.3. The van der Waals surface area contributed by atoms with Crippen LogP contribution in [0.15, 0.2) is 4.52 Å². The van der Waals surface area contributed by atoms with Gasteiger partial charge in [-0.25, -0.2) is 0 Å². The van der Waals surface area contributed by atoms with Gasteiger partial charge < -0.3 is 15.0 Å². The lowest BCUT2D eigenvalue weighted by Gasteiger charge is -2.37. The Hall–Kier alpha value is -0.940. The van der Waals surface area contributed by atoms with Gasteiger partial charge in [0, 0.05) is 13.2 Å². The van der Waals surface area contributed by atoms with Crippen molar-refractivity contribution < 1.29 is 9.26 Å². The molecule has 1 saturated carbocycles. The average molecular weight is 253 g/mol. The first-order valence-electron chi connectivity index (χ1n) is 6.65. The van der Waals surface area contributed by atoms with Gasteiger partial charge >= 0.3 is 0 Å². The largest absolute Gasteiger partial charge is 0.370 e. The quantitative estimate of drug-likeness (QED) is 0.870. The van der Waals surface area contributed by atoms with Crippen LogP contribution in [0.4, 0.5) is 0 Å². The Balaban J connectivity index is 2.24. The standard InChI is InChI=1S/C13H23N3O2/c1-8(2)10(9(3)14)11-15-12(16-18-11)13(17-4)6-5-7-13/h8-10H,5-7,14H2,1-4H3. The second-order valence-electron chi connectivity index (χ2n) is 5.64. The minimum absolute atomic E-state index is 0.00168. The highest BCUT2D eigenvalue weighted by atomic mass is 16.5. The van der Waals surface area contributed by atoms with Gasteiger partial charge in [-0.15, -0.1) is 0 Å². The smallest absolute Gasteiger partial charge is 0.231 e. The molecule has 1 fully saturated rings. The Morgan fingerprint density at radius 1 is 1.33 bits per heavy atom. The number of methoxy groups -OCH3 is 1. The van der Waals surface area contributed by atoms with Gasteiger partial charge in [0.15, 0.2) is 0 Å². The van der Waals surface area contributed by atoms with Crippen molar-refractivity contribution in [3.8, 4) is 0 Å². The van der Waals surface area contributed by atoms with E-state index in [2.05, 4.69) is 24.0 Å². The van der Waals surface area contributed by atoms with E-state index in [0.717, 1.165) is 19.3 Å². The SMILES string of the molecule is COC1(c2noc(C(C(C)C)C(C)N)n2)CCC1. The average Bonchev–Trinajstić information content (AvgIpc) is 2.65. The molecular weight excluding hydrogens is 230 g/mol. The summed E-state index contributed by atoms with van der Waals surface area (Å²) in [6.07, 6.45) is 3.08. The number of hydrogen-bond acceptors (Lipinski definition) is 5. The lowest BCUT2D eigenvalue weighted by molar-refractivity contribution is -0.0858. The fourth-order valence-electron chi connectivity index (χ4n) is 2.69. The first-order chi connectivity index (χ1) is 8.50. The number of rotatable bonds is 5. The number of aromatic nitrogens is 2. The second kappa shape index (κ2) is 4.97. The van der Waals surface area contributed by atoms with Crippen LogP contribution in [0, 0.1) is 5.92 Å². The predicted octanol–water partition coefficient (Wildman–Crippen LogP) is 2.18. The molecule has 0 radical (unpaired) electrons. The van der Waals surface area contributed by atoms with Crippen molar-refractivity contribution in [2.45, 2.75) is 57.6 Å². The van der Waals surface area contributed by atoms with Crippen LogP contribution in [-0.4, -0.2) is 23.3 Å². The Morgan fingerprint density at radius 3 is 2.39 bits per heavy atom. The predicted molar refractivity (Wildman–Crippen MR) is 68.1 cm³/mol. The molecule has 1 aromatic heterocycles. The lowest BCUT2D eigenvalue weighted by atomic mass is 9.79. The Kier molecular flexibility index (Phi) is 3.73. The second-order valence-corrected chi connectivity index (χ2v) is 5.64. The van der Waals surface area contributed by atoms with E-state index in [1.807, 2.05) is 6.92 Å². The monoisotopic (exact) mass is 253 g/mol. The van der Waals surface area contributed by atoms with E-state index in [1.165, 1.54) is 0 Å². The van der Waals surface area contributed by atoms with E-state index in [-0.39, 0.29) is 17.6 Å². The van der Waals surface area contributed by atoms with Crippen LogP contribution in [0.3, 0.4) is 0 Å². The lowest BCUT2D eigenvalue weighted by Crippen LogP contribution is -2.37. The van der Waals surface area contributed by atoms with Gasteiger partial charge in [-0.2, -0.15) is 4.98 Å². The number of hydrogen-bond donors (Lipinski definition) is 1. The topological polar surface area (TPSA) is 74.2 Å². The van der Waals surface area contributed by atoms with Crippen LogP contribution < -0.4 is 5.73 Å². The molecule has 1 aliphatic rings. The first-order valence-corrected chi connectivity index (χ1v) is 6.65. The zero-order valence-electron chi connectivity index (χ0n) is 11.6. The molecule has 18 heavy (non-hydrogen) atoms. The van der Waals surface area contributed by atoms with Gasteiger partial charge in [-0.3, -0.25) is 0 Å². The van der Waals surface area contributed by atoms with Gasteiger partial charge in [-0.1, -0.05) is 19.0 Å². The third kappa shape index (κ3) is 2.17. The molecule has 0 amide bonds. The van der Waals surface area contributed by atoms with Crippen molar-refractivity contribution >= 4 is 0 Å². The summed E-state index contributed by atoms with van der Waals surface area (Å²) in [5, 5.41) is 4.10. The maximum Gasteiger partial charge on any atom is 0.231 e. The highest BCUT2D eigenvalue weighted by Gasteiger charge is 2.44. The summed E-state index contributed by atoms with van der Waals surface area (Å²) in [7, 11) is 1.71. The van der Waals surface area contributed by atoms with Crippen molar-refractivity contribution in [3.05, 3.63) is 11.7 Å². The van der Waals surface area contributed by atoms with E-state index < -0.39 is 0 Å². The third-order valence-electron chi connectivity index (χ3n) is 3.97. The van der Waals surface area contributed by atoms with Crippen molar-refractivity contribution in [1.29, 1.82) is 0 Å². The van der Waals surface area contributed by atoms with E-state index in [4.69, 9.17) is 15.0 Å². The summed E-state index contributed by atoms with van der Waals surface area (Å²) in [5.41, 5.74) is 5.69. The van der Waals surface area contributed by atoms with Crippen LogP contribution >= 0.6 is 0 Å². The van der Waals surface area contributed by atoms with Gasteiger partial charge in [0.25, 0.3) is 0 Å². The molecule has 2 rings (SSSR count). The molecule has 0 aromatic carbocycles. The molecule has 2 atom stereocenters. The minimum Gasteiger partial charge on any atom is -0.370 e. The summed E-state index contributed by atoms with van der Waals surface area (Å²) >= 11 is 0. The van der Waals surface area contributed by atoms with Crippen molar-refractivity contribution in [3.63, 3.8) is 0 Å². The zero-order valence-corrected chi connectivity index (χ0v) is 11.6. The fraction of sp³-hybridized carbons (Fsp3) is 0.846. The Bertz CT molecular complexity index is 383. The summed E-state index contributed by atoms with van der Waals surface area (Å²) in [4.78, 5) is 4.54. The number of nitrogens with two attached hydrogens (primary N) is 1. The summed E-state index contributed by atoms with van der Waals surface area (Å²) in [6, 6.07) is -0.00168. The first kappa shape index (κ1) is 13.5. The molecule has 5 heteroatoms. The molecule has 0 saturated heterocycles. The summed E-state index contributed by atoms with van der Waals surface area (Å²) in [6.45, 7) is 6.21. The highest BCUT2D eigenvalue weighted by Crippen LogP contribution is 2.43. The summed E-state index contributed by atoms with van der Waals surface area (Å²) in [5.74, 6) is 1.79. The molecule has 102 valence electrons. The molecule has 0 spiro atoms. The summed E-state index contributed by atoms with van der Waals surface area (Å²) < 4.78 is 11.0. The normalized spacial score (nSPS) is 21.7. The minimum atomic E-state index is -0.318. The van der Waals surface area contributed by atoms with Crippen molar-refractivity contribution in [1.82, 2.24) is 10.1 Å². The molecule has 1 aromatic rings. The molecule has 1 aliphatic carbocycles. The van der Waals surface area contributed by atoms with Crippen molar-refractivity contribution in [2.24, 2.45) is 11.7 Å². The molecular formula is C13H23N3O2. The maximum atomic E-state index is 6.01. The number of nitrogens with zero attached hydrogens (tertiary/aromatic N) is 2. The molecule has 0 aliphatic heterocycles. The van der Waals surface area contributed by atoms with E-state index in [9.17, 15) is 0 Å². The van der Waals surface area contributed by atoms with E-state index >= 15 is 0 Å². The molecule has 2 unspecified atom stereocenters. The van der Waals surface area contributed by atoms with E-state index in [1.54, 1.807) is 7.11 Å². The molecule has 2 N–H and O–H groups in total. The molecule has 1 heterocycles. The van der Waals surface area contributed by atoms with Crippen molar-refractivity contribution in [2.75, 3.05) is 7.11 Å². The molecule has 5 nitrogen and oxygen atoms in total. The molecule has 0 bridgehead atoms. The van der Waals surface area contributed by atoms with Gasteiger partial charge in [0.2, 0.25) is 11.7 Å². The fourth-order valence-corrected chi connectivity index (χ4v) is 2.69.